The van der Waals surface area contributed by atoms with Crippen molar-refractivity contribution in [2.45, 2.75) is 39.2 Å². The Labute approximate surface area is 107 Å². The summed E-state index contributed by atoms with van der Waals surface area (Å²) >= 11 is 0. The molecule has 18 heavy (non-hydrogen) atoms. The summed E-state index contributed by atoms with van der Waals surface area (Å²) in [5.74, 6) is -0.438. The van der Waals surface area contributed by atoms with E-state index in [1.165, 1.54) is 0 Å². The van der Waals surface area contributed by atoms with Crippen LogP contribution in [-0.2, 0) is 9.53 Å². The fraction of sp³-hybridized carbons (Fsp3) is 0.429. The molecule has 0 spiro atoms. The Morgan fingerprint density at radius 1 is 1.11 bits per heavy atom. The number of carbonyl (C=O) groups excluding carboxylic acids is 2. The van der Waals surface area contributed by atoms with Crippen LogP contribution in [0.1, 0.15) is 44.0 Å². The molecule has 98 valence electrons. The molecule has 0 radical (unpaired) electrons. The minimum Gasteiger partial charge on any atom is -0.460 e. The quantitative estimate of drug-likeness (QED) is 0.506. The Bertz CT molecular complexity index is 429. The summed E-state index contributed by atoms with van der Waals surface area (Å²) in [6, 6.07) is 6.65. The monoisotopic (exact) mass is 249 g/mol. The average Bonchev–Trinajstić information content (AvgIpc) is 2.24. The Morgan fingerprint density at radius 3 is 2.17 bits per heavy atom. The van der Waals surface area contributed by atoms with Crippen molar-refractivity contribution in [3.05, 3.63) is 29.8 Å². The molecule has 0 amide bonds. The highest BCUT2D eigenvalue weighted by Crippen LogP contribution is 2.12. The molecule has 0 saturated carbocycles. The van der Waals surface area contributed by atoms with E-state index < -0.39 is 5.60 Å². The third-order valence-corrected chi connectivity index (χ3v) is 2.21. The summed E-state index contributed by atoms with van der Waals surface area (Å²) in [7, 11) is 0. The van der Waals surface area contributed by atoms with Crippen molar-refractivity contribution in [3.8, 4) is 0 Å². The number of anilines is 1. The smallest absolute Gasteiger partial charge is 0.306 e. The Kier molecular flexibility index (Phi) is 4.48. The zero-order valence-electron chi connectivity index (χ0n) is 11.0. The van der Waals surface area contributed by atoms with Gasteiger partial charge in [0.1, 0.15) is 5.60 Å². The number of nitrogen functional groups attached to an aromatic ring is 1. The number of esters is 1. The number of ketones is 1. The second-order valence-electron chi connectivity index (χ2n) is 5.13. The van der Waals surface area contributed by atoms with Gasteiger partial charge in [-0.3, -0.25) is 9.59 Å². The second kappa shape index (κ2) is 5.67. The first-order valence-electron chi connectivity index (χ1n) is 5.88. The van der Waals surface area contributed by atoms with Crippen LogP contribution in [0, 0.1) is 0 Å². The van der Waals surface area contributed by atoms with Gasteiger partial charge in [-0.25, -0.2) is 0 Å². The summed E-state index contributed by atoms with van der Waals surface area (Å²) in [5.41, 5.74) is 6.19. The van der Waals surface area contributed by atoms with Crippen molar-refractivity contribution in [1.29, 1.82) is 0 Å². The molecule has 0 heterocycles. The minimum atomic E-state index is -0.513. The fourth-order valence-corrected chi connectivity index (χ4v) is 1.42. The van der Waals surface area contributed by atoms with E-state index >= 15 is 0 Å². The Balaban J connectivity index is 2.47. The molecule has 0 saturated heterocycles. The van der Waals surface area contributed by atoms with E-state index in [-0.39, 0.29) is 24.6 Å². The first-order chi connectivity index (χ1) is 8.28. The molecular weight excluding hydrogens is 230 g/mol. The Morgan fingerprint density at radius 2 is 1.67 bits per heavy atom. The minimum absolute atomic E-state index is 0.0825. The Hall–Kier alpha value is -1.84. The maximum Gasteiger partial charge on any atom is 0.306 e. The van der Waals surface area contributed by atoms with Crippen LogP contribution in [0.15, 0.2) is 24.3 Å². The van der Waals surface area contributed by atoms with Gasteiger partial charge < -0.3 is 10.5 Å². The first kappa shape index (κ1) is 14.2. The molecule has 0 aliphatic heterocycles. The van der Waals surface area contributed by atoms with Crippen molar-refractivity contribution in [3.63, 3.8) is 0 Å². The van der Waals surface area contributed by atoms with Gasteiger partial charge in [-0.05, 0) is 45.0 Å². The molecule has 1 rings (SSSR count). The lowest BCUT2D eigenvalue weighted by molar-refractivity contribution is -0.154. The standard InChI is InChI=1S/C14H19NO3/c1-14(2,3)18-13(17)9-8-12(16)10-4-6-11(15)7-5-10/h4-7H,8-9,15H2,1-3H3. The average molecular weight is 249 g/mol. The molecule has 4 nitrogen and oxygen atoms in total. The number of benzene rings is 1. The van der Waals surface area contributed by atoms with Gasteiger partial charge in [0, 0.05) is 17.7 Å². The zero-order valence-corrected chi connectivity index (χ0v) is 11.0. The predicted octanol–water partition coefficient (Wildman–Crippen LogP) is 2.57. The van der Waals surface area contributed by atoms with E-state index in [4.69, 9.17) is 10.5 Å². The number of rotatable bonds is 4. The van der Waals surface area contributed by atoms with E-state index in [1.54, 1.807) is 45.0 Å². The van der Waals surface area contributed by atoms with Gasteiger partial charge in [-0.1, -0.05) is 0 Å². The van der Waals surface area contributed by atoms with Crippen LogP contribution in [0.3, 0.4) is 0 Å². The van der Waals surface area contributed by atoms with Gasteiger partial charge in [0.15, 0.2) is 5.78 Å². The van der Waals surface area contributed by atoms with Crippen LogP contribution in [-0.4, -0.2) is 17.4 Å². The van der Waals surface area contributed by atoms with Crippen LogP contribution in [0.25, 0.3) is 0 Å². The normalized spacial score (nSPS) is 11.1. The molecule has 0 aromatic heterocycles. The highest BCUT2D eigenvalue weighted by molar-refractivity contribution is 5.97. The lowest BCUT2D eigenvalue weighted by Gasteiger charge is -2.19. The topological polar surface area (TPSA) is 69.4 Å². The number of carbonyl (C=O) groups is 2. The summed E-state index contributed by atoms with van der Waals surface area (Å²) in [5, 5.41) is 0. The third-order valence-electron chi connectivity index (χ3n) is 2.21. The van der Waals surface area contributed by atoms with Gasteiger partial charge in [0.2, 0.25) is 0 Å². The number of ether oxygens (including phenoxy) is 1. The van der Waals surface area contributed by atoms with Gasteiger partial charge >= 0.3 is 5.97 Å². The molecule has 0 atom stereocenters. The van der Waals surface area contributed by atoms with Crippen molar-refractivity contribution in [1.82, 2.24) is 0 Å². The van der Waals surface area contributed by atoms with Crippen LogP contribution in [0.2, 0.25) is 0 Å². The molecule has 4 heteroatoms. The number of hydrogen-bond acceptors (Lipinski definition) is 4. The van der Waals surface area contributed by atoms with Gasteiger partial charge in [0.25, 0.3) is 0 Å². The zero-order chi connectivity index (χ0) is 13.8. The van der Waals surface area contributed by atoms with E-state index in [1.807, 2.05) is 0 Å². The molecule has 0 unspecified atom stereocenters. The third kappa shape index (κ3) is 4.99. The molecule has 0 aliphatic rings. The molecule has 0 fully saturated rings. The molecule has 2 N–H and O–H groups in total. The molecule has 1 aromatic carbocycles. The number of hydrogen-bond donors (Lipinski definition) is 1. The number of nitrogens with two attached hydrogens (primary N) is 1. The maximum absolute atomic E-state index is 11.8. The lowest BCUT2D eigenvalue weighted by atomic mass is 10.1. The molecule has 0 bridgehead atoms. The van der Waals surface area contributed by atoms with Crippen LogP contribution < -0.4 is 5.73 Å². The maximum atomic E-state index is 11.8. The SMILES string of the molecule is CC(C)(C)OC(=O)CCC(=O)c1ccc(N)cc1. The van der Waals surface area contributed by atoms with E-state index in [2.05, 4.69) is 0 Å². The number of Topliss-reactive ketones (excluding diaryl/α,β-unsaturated/α-hetero) is 1. The fourth-order valence-electron chi connectivity index (χ4n) is 1.42. The van der Waals surface area contributed by atoms with Crippen molar-refractivity contribution in [2.24, 2.45) is 0 Å². The summed E-state index contributed by atoms with van der Waals surface area (Å²) in [6.07, 6.45) is 0.249. The summed E-state index contributed by atoms with van der Waals surface area (Å²) in [4.78, 5) is 23.2. The van der Waals surface area contributed by atoms with E-state index in [0.29, 0.717) is 11.3 Å². The van der Waals surface area contributed by atoms with E-state index in [0.717, 1.165) is 0 Å². The highest BCUT2D eigenvalue weighted by Gasteiger charge is 2.17. The summed E-state index contributed by atoms with van der Waals surface area (Å²) < 4.78 is 5.13. The van der Waals surface area contributed by atoms with Gasteiger partial charge in [-0.2, -0.15) is 0 Å². The largest absolute Gasteiger partial charge is 0.460 e. The van der Waals surface area contributed by atoms with E-state index in [9.17, 15) is 9.59 Å². The van der Waals surface area contributed by atoms with Crippen molar-refractivity contribution < 1.29 is 14.3 Å². The van der Waals surface area contributed by atoms with Gasteiger partial charge in [0.05, 0.1) is 6.42 Å². The van der Waals surface area contributed by atoms with Crippen molar-refractivity contribution >= 4 is 17.4 Å². The van der Waals surface area contributed by atoms with Crippen molar-refractivity contribution in [2.75, 3.05) is 5.73 Å². The van der Waals surface area contributed by atoms with Crippen LogP contribution in [0.5, 0.6) is 0 Å². The molecule has 1 aromatic rings. The van der Waals surface area contributed by atoms with Gasteiger partial charge in [-0.15, -0.1) is 0 Å². The van der Waals surface area contributed by atoms with Crippen LogP contribution >= 0.6 is 0 Å². The molecular formula is C14H19NO3. The predicted molar refractivity (Wildman–Crippen MR) is 70.3 cm³/mol. The summed E-state index contributed by atoms with van der Waals surface area (Å²) in [6.45, 7) is 5.39. The van der Waals surface area contributed by atoms with Crippen LogP contribution in [0.4, 0.5) is 5.69 Å². The highest BCUT2D eigenvalue weighted by atomic mass is 16.6. The molecule has 0 aliphatic carbocycles. The second-order valence-corrected chi connectivity index (χ2v) is 5.13. The lowest BCUT2D eigenvalue weighted by Crippen LogP contribution is -2.24. The first-order valence-corrected chi connectivity index (χ1v) is 5.88.